The van der Waals surface area contributed by atoms with Crippen molar-refractivity contribution in [1.29, 1.82) is 0 Å². The molecule has 1 aromatic rings. The van der Waals surface area contributed by atoms with E-state index in [0.717, 1.165) is 25.5 Å². The highest BCUT2D eigenvalue weighted by atomic mass is 32.2. The van der Waals surface area contributed by atoms with E-state index in [4.69, 9.17) is 0 Å². The lowest BCUT2D eigenvalue weighted by molar-refractivity contribution is 0.486. The van der Waals surface area contributed by atoms with Crippen LogP contribution in [0.5, 0.6) is 0 Å². The third-order valence-corrected chi connectivity index (χ3v) is 4.51. The second-order valence-electron chi connectivity index (χ2n) is 4.35. The van der Waals surface area contributed by atoms with Crippen LogP contribution < -0.4 is 5.32 Å². The maximum absolute atomic E-state index is 13.3. The molecule has 5 heteroatoms. The smallest absolute Gasteiger partial charge is 0.161 e. The Kier molecular flexibility index (Phi) is 3.68. The van der Waals surface area contributed by atoms with Gasteiger partial charge in [0.15, 0.2) is 11.6 Å². The van der Waals surface area contributed by atoms with E-state index < -0.39 is 17.5 Å². The summed E-state index contributed by atoms with van der Waals surface area (Å²) in [6, 6.07) is 1.50. The van der Waals surface area contributed by atoms with Crippen LogP contribution >= 0.6 is 11.8 Å². The number of halogens is 3. The zero-order chi connectivity index (χ0) is 12.5. The molecule has 0 amide bonds. The molecule has 0 aliphatic heterocycles. The van der Waals surface area contributed by atoms with Crippen LogP contribution in [0, 0.1) is 17.5 Å². The van der Waals surface area contributed by atoms with E-state index in [1.807, 2.05) is 6.26 Å². The van der Waals surface area contributed by atoms with Gasteiger partial charge < -0.3 is 5.32 Å². The van der Waals surface area contributed by atoms with Crippen molar-refractivity contribution in [2.24, 2.45) is 0 Å². The van der Waals surface area contributed by atoms with Crippen molar-refractivity contribution < 1.29 is 13.2 Å². The van der Waals surface area contributed by atoms with E-state index in [0.29, 0.717) is 6.07 Å². The normalized spacial score (nSPS) is 17.2. The minimum atomic E-state index is -1.14. The standard InChI is InChI=1S/C12H14F3NS/c1-17-12(2-3-12)7-16-6-8-4-10(14)11(15)5-9(8)13/h4-5,16H,2-3,6-7H2,1H3. The zero-order valence-corrected chi connectivity index (χ0v) is 10.3. The van der Waals surface area contributed by atoms with Gasteiger partial charge in [-0.1, -0.05) is 0 Å². The number of thioether (sulfide) groups is 1. The average molecular weight is 261 g/mol. The minimum absolute atomic E-state index is 0.167. The molecule has 0 heterocycles. The van der Waals surface area contributed by atoms with Crippen LogP contribution in [0.2, 0.25) is 0 Å². The Morgan fingerprint density at radius 3 is 2.41 bits per heavy atom. The highest BCUT2D eigenvalue weighted by molar-refractivity contribution is 8.00. The van der Waals surface area contributed by atoms with Crippen LogP contribution in [0.1, 0.15) is 18.4 Å². The average Bonchev–Trinajstić information content (AvgIpc) is 3.06. The van der Waals surface area contributed by atoms with Gasteiger partial charge in [-0.05, 0) is 25.2 Å². The molecule has 0 bridgehead atoms. The summed E-state index contributed by atoms with van der Waals surface area (Å²) in [6.45, 7) is 0.998. The first-order valence-electron chi connectivity index (χ1n) is 5.46. The molecule has 2 rings (SSSR count). The van der Waals surface area contributed by atoms with Gasteiger partial charge in [0.1, 0.15) is 5.82 Å². The Hall–Kier alpha value is -0.680. The lowest BCUT2D eigenvalue weighted by Gasteiger charge is -2.13. The van der Waals surface area contributed by atoms with E-state index >= 15 is 0 Å². The van der Waals surface area contributed by atoms with Crippen LogP contribution in [0.4, 0.5) is 13.2 Å². The molecular weight excluding hydrogens is 247 g/mol. The zero-order valence-electron chi connectivity index (χ0n) is 9.53. The van der Waals surface area contributed by atoms with E-state index in [1.54, 1.807) is 11.8 Å². The lowest BCUT2D eigenvalue weighted by Crippen LogP contribution is -2.25. The van der Waals surface area contributed by atoms with Gasteiger partial charge in [-0.3, -0.25) is 0 Å². The summed E-state index contributed by atoms with van der Waals surface area (Å²) in [6.07, 6.45) is 4.36. The predicted octanol–water partition coefficient (Wildman–Crippen LogP) is 3.09. The Morgan fingerprint density at radius 2 is 1.82 bits per heavy atom. The summed E-state index contributed by atoms with van der Waals surface area (Å²) in [5.74, 6) is -2.85. The molecule has 0 aromatic heterocycles. The fraction of sp³-hybridized carbons (Fsp3) is 0.500. The summed E-state index contributed by atoms with van der Waals surface area (Å²) in [5, 5.41) is 3.09. The summed E-state index contributed by atoms with van der Waals surface area (Å²) >= 11 is 1.79. The fourth-order valence-corrected chi connectivity index (χ4v) is 2.47. The Labute approximate surface area is 103 Å². The SMILES string of the molecule is CSC1(CNCc2cc(F)c(F)cc2F)CC1. The van der Waals surface area contributed by atoms with Crippen LogP contribution in [-0.2, 0) is 6.54 Å². The summed E-state index contributed by atoms with van der Waals surface area (Å²) in [4.78, 5) is 0. The van der Waals surface area contributed by atoms with Gasteiger partial charge >= 0.3 is 0 Å². The molecule has 17 heavy (non-hydrogen) atoms. The molecule has 1 nitrogen and oxygen atoms in total. The van der Waals surface area contributed by atoms with Gasteiger partial charge in [-0.15, -0.1) is 0 Å². The second kappa shape index (κ2) is 4.90. The van der Waals surface area contributed by atoms with Crippen molar-refractivity contribution >= 4 is 11.8 Å². The van der Waals surface area contributed by atoms with Gasteiger partial charge in [0.2, 0.25) is 0 Å². The molecule has 1 fully saturated rings. The second-order valence-corrected chi connectivity index (χ2v) is 5.62. The van der Waals surface area contributed by atoms with Gasteiger partial charge in [-0.2, -0.15) is 11.8 Å². The van der Waals surface area contributed by atoms with Crippen molar-refractivity contribution in [1.82, 2.24) is 5.32 Å². The molecule has 0 spiro atoms. The maximum Gasteiger partial charge on any atom is 0.161 e. The molecule has 1 aliphatic rings. The van der Waals surface area contributed by atoms with Crippen LogP contribution in [0.25, 0.3) is 0 Å². The first-order chi connectivity index (χ1) is 8.06. The van der Waals surface area contributed by atoms with E-state index in [1.165, 1.54) is 0 Å². The van der Waals surface area contributed by atoms with Crippen molar-refractivity contribution in [2.45, 2.75) is 24.1 Å². The molecule has 1 aromatic carbocycles. The molecule has 0 unspecified atom stereocenters. The maximum atomic E-state index is 13.3. The number of benzene rings is 1. The van der Waals surface area contributed by atoms with Crippen molar-refractivity contribution in [3.05, 3.63) is 35.1 Å². The molecule has 1 saturated carbocycles. The lowest BCUT2D eigenvalue weighted by atomic mass is 10.2. The van der Waals surface area contributed by atoms with Gasteiger partial charge in [0.05, 0.1) is 0 Å². The highest BCUT2D eigenvalue weighted by Crippen LogP contribution is 2.46. The van der Waals surface area contributed by atoms with E-state index in [-0.39, 0.29) is 16.9 Å². The summed E-state index contributed by atoms with van der Waals surface area (Å²) in [7, 11) is 0. The highest BCUT2D eigenvalue weighted by Gasteiger charge is 2.41. The number of hydrogen-bond acceptors (Lipinski definition) is 2. The molecule has 94 valence electrons. The molecule has 1 aliphatic carbocycles. The third kappa shape index (κ3) is 2.96. The van der Waals surface area contributed by atoms with Crippen LogP contribution in [-0.4, -0.2) is 17.5 Å². The van der Waals surface area contributed by atoms with Crippen molar-refractivity contribution in [3.8, 4) is 0 Å². The molecule has 1 N–H and O–H groups in total. The number of nitrogens with one attached hydrogen (secondary N) is 1. The van der Waals surface area contributed by atoms with Crippen molar-refractivity contribution in [3.63, 3.8) is 0 Å². The quantitative estimate of drug-likeness (QED) is 0.817. The number of hydrogen-bond donors (Lipinski definition) is 1. The minimum Gasteiger partial charge on any atom is -0.311 e. The largest absolute Gasteiger partial charge is 0.311 e. The molecular formula is C12H14F3NS. The van der Waals surface area contributed by atoms with Gasteiger partial charge in [0.25, 0.3) is 0 Å². The van der Waals surface area contributed by atoms with Gasteiger partial charge in [-0.25, -0.2) is 13.2 Å². The van der Waals surface area contributed by atoms with Crippen molar-refractivity contribution in [2.75, 3.05) is 12.8 Å². The number of rotatable bonds is 5. The first-order valence-corrected chi connectivity index (χ1v) is 6.68. The fourth-order valence-electron chi connectivity index (χ4n) is 1.72. The Morgan fingerprint density at radius 1 is 1.18 bits per heavy atom. The van der Waals surface area contributed by atoms with Gasteiger partial charge in [0, 0.05) is 29.5 Å². The van der Waals surface area contributed by atoms with E-state index in [9.17, 15) is 13.2 Å². The third-order valence-electron chi connectivity index (χ3n) is 3.09. The Balaban J connectivity index is 1.93. The van der Waals surface area contributed by atoms with E-state index in [2.05, 4.69) is 5.32 Å². The Bertz CT molecular complexity index is 418. The molecule has 0 radical (unpaired) electrons. The summed E-state index contributed by atoms with van der Waals surface area (Å²) < 4.78 is 39.2. The predicted molar refractivity (Wildman–Crippen MR) is 63.5 cm³/mol. The topological polar surface area (TPSA) is 12.0 Å². The first kappa shape index (κ1) is 12.8. The monoisotopic (exact) mass is 261 g/mol. The van der Waals surface area contributed by atoms with Crippen LogP contribution in [0.3, 0.4) is 0 Å². The van der Waals surface area contributed by atoms with Crippen LogP contribution in [0.15, 0.2) is 12.1 Å². The molecule has 0 saturated heterocycles. The molecule has 0 atom stereocenters. The summed E-state index contributed by atoms with van der Waals surface area (Å²) in [5.41, 5.74) is 0.167.